The summed E-state index contributed by atoms with van der Waals surface area (Å²) in [4.78, 5) is 15.9. The Hall–Kier alpha value is -0.660. The number of aliphatic hydroxyl groups excluding tert-OH is 1. The highest BCUT2D eigenvalue weighted by molar-refractivity contribution is 7.92. The highest BCUT2D eigenvalue weighted by atomic mass is 32.2. The standard InChI is InChI=1S/C13H26N2O4S/c1-4-9-20(18,19)12(3)13(17)15-7-5-14(6-8-15)10-11(2)16/h11-12,16H,4-10H2,1-3H3/t11-,12-/m0/s1. The molecule has 0 saturated carbocycles. The Kier molecular flexibility index (Phi) is 6.42. The third-order valence-electron chi connectivity index (χ3n) is 3.58. The molecule has 1 heterocycles. The van der Waals surface area contributed by atoms with Crippen LogP contribution in [0.3, 0.4) is 0 Å². The topological polar surface area (TPSA) is 77.9 Å². The number of aliphatic hydroxyl groups is 1. The molecule has 1 saturated heterocycles. The van der Waals surface area contributed by atoms with Gasteiger partial charge < -0.3 is 10.0 Å². The second-order valence-corrected chi connectivity index (χ2v) is 7.93. The van der Waals surface area contributed by atoms with Crippen LogP contribution in [0.4, 0.5) is 0 Å². The maximum atomic E-state index is 12.2. The Morgan fingerprint density at radius 1 is 1.20 bits per heavy atom. The summed E-state index contributed by atoms with van der Waals surface area (Å²) in [6.07, 6.45) is 0.142. The number of carbonyl (C=O) groups excluding carboxylic acids is 1. The first-order chi connectivity index (χ1) is 9.27. The number of nitrogens with zero attached hydrogens (tertiary/aromatic N) is 2. The molecule has 0 bridgehead atoms. The van der Waals surface area contributed by atoms with Crippen molar-refractivity contribution in [3.8, 4) is 0 Å². The third kappa shape index (κ3) is 4.71. The first-order valence-corrected chi connectivity index (χ1v) is 8.90. The van der Waals surface area contributed by atoms with Crippen LogP contribution in [0.2, 0.25) is 0 Å². The summed E-state index contributed by atoms with van der Waals surface area (Å²) >= 11 is 0. The van der Waals surface area contributed by atoms with E-state index >= 15 is 0 Å². The largest absolute Gasteiger partial charge is 0.392 e. The zero-order valence-electron chi connectivity index (χ0n) is 12.6. The van der Waals surface area contributed by atoms with Gasteiger partial charge in [-0.1, -0.05) is 6.92 Å². The van der Waals surface area contributed by atoms with Crippen LogP contribution in [0, 0.1) is 0 Å². The number of hydrogen-bond donors (Lipinski definition) is 1. The van der Waals surface area contributed by atoms with Crippen LogP contribution in [0.25, 0.3) is 0 Å². The van der Waals surface area contributed by atoms with E-state index in [4.69, 9.17) is 0 Å². The smallest absolute Gasteiger partial charge is 0.240 e. The summed E-state index contributed by atoms with van der Waals surface area (Å²) in [5.74, 6) is -0.239. The van der Waals surface area contributed by atoms with Gasteiger partial charge in [-0.2, -0.15) is 0 Å². The zero-order chi connectivity index (χ0) is 15.3. The van der Waals surface area contributed by atoms with E-state index in [0.29, 0.717) is 39.1 Å². The lowest BCUT2D eigenvalue weighted by Crippen LogP contribution is -2.53. The highest BCUT2D eigenvalue weighted by Gasteiger charge is 2.32. The second kappa shape index (κ2) is 7.38. The van der Waals surface area contributed by atoms with E-state index in [1.807, 2.05) is 0 Å². The van der Waals surface area contributed by atoms with Crippen LogP contribution in [-0.4, -0.2) is 79.1 Å². The van der Waals surface area contributed by atoms with Crippen molar-refractivity contribution < 1.29 is 18.3 Å². The van der Waals surface area contributed by atoms with Crippen LogP contribution in [0.1, 0.15) is 27.2 Å². The minimum absolute atomic E-state index is 0.0574. The molecular formula is C13H26N2O4S. The summed E-state index contributed by atoms with van der Waals surface area (Å²) in [5.41, 5.74) is 0. The van der Waals surface area contributed by atoms with Crippen molar-refractivity contribution in [3.63, 3.8) is 0 Å². The minimum atomic E-state index is -3.34. The van der Waals surface area contributed by atoms with Crippen molar-refractivity contribution in [1.82, 2.24) is 9.80 Å². The monoisotopic (exact) mass is 306 g/mol. The molecule has 0 spiro atoms. The number of amides is 1. The highest BCUT2D eigenvalue weighted by Crippen LogP contribution is 2.11. The lowest BCUT2D eigenvalue weighted by atomic mass is 10.2. The van der Waals surface area contributed by atoms with Crippen molar-refractivity contribution in [1.29, 1.82) is 0 Å². The number of piperazine rings is 1. The van der Waals surface area contributed by atoms with Gasteiger partial charge in [0.25, 0.3) is 0 Å². The van der Waals surface area contributed by atoms with Crippen LogP contribution in [0.5, 0.6) is 0 Å². The maximum Gasteiger partial charge on any atom is 0.240 e. The van der Waals surface area contributed by atoms with Gasteiger partial charge in [-0.15, -0.1) is 0 Å². The molecule has 0 radical (unpaired) electrons. The van der Waals surface area contributed by atoms with Gasteiger partial charge in [0.05, 0.1) is 11.9 Å². The van der Waals surface area contributed by atoms with Crippen molar-refractivity contribution >= 4 is 15.7 Å². The molecule has 20 heavy (non-hydrogen) atoms. The summed E-state index contributed by atoms with van der Waals surface area (Å²) in [7, 11) is -3.34. The van der Waals surface area contributed by atoms with E-state index in [2.05, 4.69) is 4.90 Å². The Balaban J connectivity index is 2.54. The molecule has 1 amide bonds. The number of sulfone groups is 1. The molecule has 118 valence electrons. The molecule has 0 aliphatic carbocycles. The van der Waals surface area contributed by atoms with E-state index < -0.39 is 15.1 Å². The van der Waals surface area contributed by atoms with Gasteiger partial charge in [0, 0.05) is 32.7 Å². The van der Waals surface area contributed by atoms with Crippen LogP contribution >= 0.6 is 0 Å². The molecule has 1 aliphatic rings. The minimum Gasteiger partial charge on any atom is -0.392 e. The molecule has 0 aromatic rings. The molecule has 7 heteroatoms. The first kappa shape index (κ1) is 17.4. The predicted octanol–water partition coefficient (Wildman–Crippen LogP) is -0.275. The summed E-state index contributed by atoms with van der Waals surface area (Å²) in [6, 6.07) is 0. The SMILES string of the molecule is CCCS(=O)(=O)[C@@H](C)C(=O)N1CCN(C[C@H](C)O)CC1. The third-order valence-corrected chi connectivity index (χ3v) is 5.84. The maximum absolute atomic E-state index is 12.2. The summed E-state index contributed by atoms with van der Waals surface area (Å²) in [5, 5.41) is 8.38. The van der Waals surface area contributed by atoms with Crippen molar-refractivity contribution in [3.05, 3.63) is 0 Å². The number of hydrogen-bond acceptors (Lipinski definition) is 5. The van der Waals surface area contributed by atoms with Crippen molar-refractivity contribution in [2.75, 3.05) is 38.5 Å². The van der Waals surface area contributed by atoms with Gasteiger partial charge in [0.1, 0.15) is 5.25 Å². The quantitative estimate of drug-likeness (QED) is 0.730. The van der Waals surface area contributed by atoms with Crippen molar-refractivity contribution in [2.45, 2.75) is 38.5 Å². The van der Waals surface area contributed by atoms with Gasteiger partial charge in [0.2, 0.25) is 5.91 Å². The number of carbonyl (C=O) groups is 1. The molecule has 6 nitrogen and oxygen atoms in total. The Labute approximate surface area is 121 Å². The van der Waals surface area contributed by atoms with E-state index in [1.165, 1.54) is 6.92 Å². The van der Waals surface area contributed by atoms with Gasteiger partial charge in [-0.25, -0.2) is 8.42 Å². The number of β-amino-alcohol motifs (C(OH)–C–C–N with tert-alkyl or cyclic N) is 1. The summed E-state index contributed by atoms with van der Waals surface area (Å²) < 4.78 is 23.9. The van der Waals surface area contributed by atoms with E-state index in [0.717, 1.165) is 0 Å². The Morgan fingerprint density at radius 2 is 1.75 bits per heavy atom. The lowest BCUT2D eigenvalue weighted by Gasteiger charge is -2.36. The molecule has 1 rings (SSSR count). The zero-order valence-corrected chi connectivity index (χ0v) is 13.4. The molecule has 2 atom stereocenters. The summed E-state index contributed by atoms with van der Waals surface area (Å²) in [6.45, 7) is 8.01. The normalized spacial score (nSPS) is 20.7. The second-order valence-electron chi connectivity index (χ2n) is 5.48. The molecule has 1 N–H and O–H groups in total. The van der Waals surface area contributed by atoms with E-state index in [-0.39, 0.29) is 17.8 Å². The molecule has 0 aromatic carbocycles. The van der Waals surface area contributed by atoms with E-state index in [9.17, 15) is 18.3 Å². The van der Waals surface area contributed by atoms with E-state index in [1.54, 1.807) is 18.7 Å². The predicted molar refractivity (Wildman–Crippen MR) is 78.2 cm³/mol. The fourth-order valence-electron chi connectivity index (χ4n) is 2.40. The molecule has 1 aliphatic heterocycles. The van der Waals surface area contributed by atoms with Crippen molar-refractivity contribution in [2.24, 2.45) is 0 Å². The fraction of sp³-hybridized carbons (Fsp3) is 0.923. The van der Waals surface area contributed by atoms with Gasteiger partial charge in [-0.3, -0.25) is 9.69 Å². The van der Waals surface area contributed by atoms with Gasteiger partial charge in [-0.05, 0) is 20.3 Å². The number of rotatable bonds is 6. The van der Waals surface area contributed by atoms with Gasteiger partial charge in [0.15, 0.2) is 9.84 Å². The van der Waals surface area contributed by atoms with Gasteiger partial charge >= 0.3 is 0 Å². The Bertz CT molecular complexity index is 414. The lowest BCUT2D eigenvalue weighted by molar-refractivity contribution is -0.132. The molecule has 0 aromatic heterocycles. The average Bonchev–Trinajstić information content (AvgIpc) is 2.37. The molecular weight excluding hydrogens is 280 g/mol. The molecule has 0 unspecified atom stereocenters. The molecule has 1 fully saturated rings. The average molecular weight is 306 g/mol. The van der Waals surface area contributed by atoms with Crippen LogP contribution in [-0.2, 0) is 14.6 Å². The fourth-order valence-corrected chi connectivity index (χ4v) is 3.78. The van der Waals surface area contributed by atoms with Crippen LogP contribution in [0.15, 0.2) is 0 Å². The van der Waals surface area contributed by atoms with Crippen LogP contribution < -0.4 is 0 Å². The Morgan fingerprint density at radius 3 is 2.20 bits per heavy atom. The first-order valence-electron chi connectivity index (χ1n) is 7.18.